The maximum absolute atomic E-state index is 9.28. The topological polar surface area (TPSA) is 32.3 Å². The molecular weight excluding hydrogens is 186 g/mol. The molecule has 2 N–H and O–H groups in total. The Balaban J connectivity index is 2.62. The van der Waals surface area contributed by atoms with Crippen LogP contribution in [-0.2, 0) is 0 Å². The second kappa shape index (κ2) is 6.59. The third kappa shape index (κ3) is 3.65. The third-order valence-electron chi connectivity index (χ3n) is 3.03. The van der Waals surface area contributed by atoms with E-state index in [4.69, 9.17) is 0 Å². The minimum atomic E-state index is 0.272. The zero-order valence-corrected chi connectivity index (χ0v) is 9.45. The van der Waals surface area contributed by atoms with E-state index in [0.29, 0.717) is 11.8 Å². The molecule has 0 unspecified atom stereocenters. The summed E-state index contributed by atoms with van der Waals surface area (Å²) in [6, 6.07) is 0. The minimum Gasteiger partial charge on any atom is -0.396 e. The van der Waals surface area contributed by atoms with Crippen molar-refractivity contribution in [2.75, 3.05) is 19.7 Å². The van der Waals surface area contributed by atoms with Crippen LogP contribution in [0.25, 0.3) is 0 Å². The molecule has 1 rings (SSSR count). The highest BCUT2D eigenvalue weighted by Gasteiger charge is 2.24. The van der Waals surface area contributed by atoms with Gasteiger partial charge in [-0.1, -0.05) is 36.5 Å². The summed E-state index contributed by atoms with van der Waals surface area (Å²) in [7, 11) is 0. The lowest BCUT2D eigenvalue weighted by atomic mass is 9.82. The fourth-order valence-corrected chi connectivity index (χ4v) is 2.12. The second-order valence-corrected chi connectivity index (χ2v) is 4.07. The number of nitrogens with one attached hydrogen (secondary N) is 1. The predicted molar refractivity (Wildman–Crippen MR) is 64.6 cm³/mol. The average molecular weight is 207 g/mol. The maximum Gasteiger partial charge on any atom is 0.0477 e. The highest BCUT2D eigenvalue weighted by molar-refractivity contribution is 5.17. The highest BCUT2D eigenvalue weighted by atomic mass is 16.3. The zero-order valence-electron chi connectivity index (χ0n) is 9.45. The lowest BCUT2D eigenvalue weighted by Gasteiger charge is -2.31. The molecule has 1 fully saturated rings. The van der Waals surface area contributed by atoms with Gasteiger partial charge in [-0.2, -0.15) is 0 Å². The smallest absolute Gasteiger partial charge is 0.0477 e. The van der Waals surface area contributed by atoms with Crippen molar-refractivity contribution in [1.82, 2.24) is 5.32 Å². The molecule has 0 saturated carbocycles. The first kappa shape index (κ1) is 12.2. The molecule has 1 heterocycles. The Morgan fingerprint density at radius 1 is 1.53 bits per heavy atom. The summed E-state index contributed by atoms with van der Waals surface area (Å²) < 4.78 is 0. The lowest BCUT2D eigenvalue weighted by molar-refractivity contribution is 0.163. The molecule has 0 spiro atoms. The molecule has 0 aromatic rings. The van der Waals surface area contributed by atoms with Crippen LogP contribution in [0, 0.1) is 11.8 Å². The Bertz CT molecular complexity index is 255. The van der Waals surface area contributed by atoms with Gasteiger partial charge in [0.15, 0.2) is 0 Å². The molecule has 1 aliphatic heterocycles. The largest absolute Gasteiger partial charge is 0.396 e. The molecule has 1 aliphatic rings. The molecule has 0 radical (unpaired) electrons. The average Bonchev–Trinajstić information content (AvgIpc) is 2.29. The van der Waals surface area contributed by atoms with E-state index < -0.39 is 0 Å². The quantitative estimate of drug-likeness (QED) is 0.690. The van der Waals surface area contributed by atoms with Crippen LogP contribution in [0.3, 0.4) is 0 Å². The van der Waals surface area contributed by atoms with Gasteiger partial charge in [0.25, 0.3) is 0 Å². The Labute approximate surface area is 92.4 Å². The van der Waals surface area contributed by atoms with Crippen LogP contribution in [0.1, 0.15) is 13.3 Å². The molecule has 2 nitrogen and oxygen atoms in total. The van der Waals surface area contributed by atoms with Crippen molar-refractivity contribution in [3.05, 3.63) is 36.5 Å². The van der Waals surface area contributed by atoms with Crippen LogP contribution in [-0.4, -0.2) is 24.8 Å². The van der Waals surface area contributed by atoms with E-state index in [1.165, 1.54) is 5.57 Å². The van der Waals surface area contributed by atoms with E-state index >= 15 is 0 Å². The summed E-state index contributed by atoms with van der Waals surface area (Å²) in [5.41, 5.74) is 1.36. The van der Waals surface area contributed by atoms with E-state index in [0.717, 1.165) is 19.5 Å². The van der Waals surface area contributed by atoms with Gasteiger partial charge in [-0.05, 0) is 25.8 Å². The first-order valence-corrected chi connectivity index (χ1v) is 5.57. The Hall–Kier alpha value is -0.860. The van der Waals surface area contributed by atoms with Gasteiger partial charge in [-0.15, -0.1) is 0 Å². The number of allylic oxidation sites excluding steroid dienone is 5. The number of hydrogen-bond acceptors (Lipinski definition) is 2. The molecule has 0 bridgehead atoms. The third-order valence-corrected chi connectivity index (χ3v) is 3.03. The predicted octanol–water partition coefficient (Wildman–Crippen LogP) is 1.89. The van der Waals surface area contributed by atoms with Crippen LogP contribution in [0.2, 0.25) is 0 Å². The molecule has 0 aromatic heterocycles. The highest BCUT2D eigenvalue weighted by Crippen LogP contribution is 2.26. The van der Waals surface area contributed by atoms with Crippen LogP contribution >= 0.6 is 0 Å². The number of rotatable bonds is 4. The molecular formula is C13H21NO. The molecule has 2 atom stereocenters. The Morgan fingerprint density at radius 3 is 3.00 bits per heavy atom. The van der Waals surface area contributed by atoms with Gasteiger partial charge < -0.3 is 10.4 Å². The molecule has 0 amide bonds. The van der Waals surface area contributed by atoms with Crippen LogP contribution in [0.15, 0.2) is 36.5 Å². The minimum absolute atomic E-state index is 0.272. The maximum atomic E-state index is 9.28. The molecule has 1 saturated heterocycles. The van der Waals surface area contributed by atoms with Crippen molar-refractivity contribution in [2.24, 2.45) is 11.8 Å². The second-order valence-electron chi connectivity index (χ2n) is 4.07. The summed E-state index contributed by atoms with van der Waals surface area (Å²) in [6.07, 6.45) is 8.96. The molecule has 15 heavy (non-hydrogen) atoms. The van der Waals surface area contributed by atoms with E-state index in [-0.39, 0.29) is 6.61 Å². The van der Waals surface area contributed by atoms with Gasteiger partial charge in [-0.3, -0.25) is 0 Å². The van der Waals surface area contributed by atoms with Crippen molar-refractivity contribution in [2.45, 2.75) is 13.3 Å². The number of aliphatic hydroxyl groups excluding tert-OH is 1. The normalized spacial score (nSPS) is 28.3. The molecule has 0 aromatic carbocycles. The van der Waals surface area contributed by atoms with Crippen LogP contribution in [0.5, 0.6) is 0 Å². The van der Waals surface area contributed by atoms with Crippen molar-refractivity contribution in [1.29, 1.82) is 0 Å². The summed E-state index contributed by atoms with van der Waals surface area (Å²) in [5.74, 6) is 0.887. The summed E-state index contributed by atoms with van der Waals surface area (Å²) in [6.45, 7) is 8.03. The van der Waals surface area contributed by atoms with Gasteiger partial charge in [0.2, 0.25) is 0 Å². The van der Waals surface area contributed by atoms with Crippen molar-refractivity contribution in [3.8, 4) is 0 Å². The van der Waals surface area contributed by atoms with Gasteiger partial charge in [0.1, 0.15) is 0 Å². The van der Waals surface area contributed by atoms with E-state index in [1.54, 1.807) is 6.08 Å². The fraction of sp³-hybridized carbons (Fsp3) is 0.538. The summed E-state index contributed by atoms with van der Waals surface area (Å²) in [5, 5.41) is 12.6. The van der Waals surface area contributed by atoms with E-state index in [9.17, 15) is 5.11 Å². The van der Waals surface area contributed by atoms with E-state index in [1.807, 2.05) is 12.2 Å². The SMILES string of the molecule is C=C/C=C\C=C(/C)[C@H]1CCNC[C@@H]1CO. The van der Waals surface area contributed by atoms with Gasteiger partial charge >= 0.3 is 0 Å². The molecule has 2 heteroatoms. The van der Waals surface area contributed by atoms with Gasteiger partial charge in [0, 0.05) is 19.1 Å². The number of hydrogen-bond donors (Lipinski definition) is 2. The van der Waals surface area contributed by atoms with Crippen molar-refractivity contribution >= 4 is 0 Å². The molecule has 0 aliphatic carbocycles. The van der Waals surface area contributed by atoms with Crippen LogP contribution in [0.4, 0.5) is 0 Å². The van der Waals surface area contributed by atoms with E-state index in [2.05, 4.69) is 24.9 Å². The first-order chi connectivity index (χ1) is 7.29. The van der Waals surface area contributed by atoms with Crippen molar-refractivity contribution in [3.63, 3.8) is 0 Å². The Kier molecular flexibility index (Phi) is 5.37. The summed E-state index contributed by atoms with van der Waals surface area (Å²) in [4.78, 5) is 0. The standard InChI is InChI=1S/C13H21NO/c1-3-4-5-6-11(2)13-7-8-14-9-12(13)10-15/h3-6,12-15H,1,7-10H2,2H3/b5-4-,11-6+/t12-,13-/m1/s1. The monoisotopic (exact) mass is 207 g/mol. The fourth-order valence-electron chi connectivity index (χ4n) is 2.12. The first-order valence-electron chi connectivity index (χ1n) is 5.57. The number of piperidine rings is 1. The number of aliphatic hydroxyl groups is 1. The summed E-state index contributed by atoms with van der Waals surface area (Å²) >= 11 is 0. The van der Waals surface area contributed by atoms with Gasteiger partial charge in [-0.25, -0.2) is 0 Å². The lowest BCUT2D eigenvalue weighted by Crippen LogP contribution is -2.38. The zero-order chi connectivity index (χ0) is 11.1. The Morgan fingerprint density at radius 2 is 2.33 bits per heavy atom. The van der Waals surface area contributed by atoms with Crippen molar-refractivity contribution < 1.29 is 5.11 Å². The van der Waals surface area contributed by atoms with Crippen LogP contribution < -0.4 is 5.32 Å². The van der Waals surface area contributed by atoms with Gasteiger partial charge in [0.05, 0.1) is 0 Å². The molecule has 84 valence electrons.